The molecule has 0 aliphatic heterocycles. The maximum Gasteiger partial charge on any atom is 1.00 e. The third-order valence-electron chi connectivity index (χ3n) is 10.0. The van der Waals surface area contributed by atoms with Crippen molar-refractivity contribution in [3.63, 3.8) is 0 Å². The summed E-state index contributed by atoms with van der Waals surface area (Å²) < 4.78 is 32.0. The van der Waals surface area contributed by atoms with Gasteiger partial charge >= 0.3 is 65.1 Å². The summed E-state index contributed by atoms with van der Waals surface area (Å²) in [7, 11) is -5.43. The number of fused-ring (bicyclic) bond motifs is 5. The van der Waals surface area contributed by atoms with Crippen LogP contribution in [0.1, 0.15) is 60.3 Å². The van der Waals surface area contributed by atoms with Crippen molar-refractivity contribution in [2.75, 3.05) is 6.61 Å². The molecule has 0 radical (unpaired) electrons. The number of carbonyl (C=O) groups is 3. The van der Waals surface area contributed by atoms with Gasteiger partial charge in [0.25, 0.3) is 0 Å². The van der Waals surface area contributed by atoms with Crippen molar-refractivity contribution in [2.24, 2.45) is 40.2 Å². The predicted octanol–water partition coefficient (Wildman–Crippen LogP) is -5.19. The Labute approximate surface area is 289 Å². The molecule has 42 heavy (non-hydrogen) atoms. The number of rotatable bonds is 6. The number of aliphatic carboxylic acids is 1. The van der Waals surface area contributed by atoms with E-state index in [4.69, 9.17) is 10.8 Å². The first-order chi connectivity index (χ1) is 18.2. The summed E-state index contributed by atoms with van der Waals surface area (Å²) in [6.45, 7) is 7.35. The number of ketones is 2. The van der Waals surface area contributed by atoms with Gasteiger partial charge in [0, 0.05) is 16.7 Å². The molecule has 0 spiro atoms. The van der Waals surface area contributed by atoms with Crippen LogP contribution in [-0.4, -0.2) is 62.9 Å². The van der Waals surface area contributed by atoms with Crippen molar-refractivity contribution in [3.05, 3.63) is 23.8 Å². The van der Waals surface area contributed by atoms with E-state index in [2.05, 4.69) is 4.52 Å². The van der Waals surface area contributed by atoms with E-state index >= 15 is 4.39 Å². The Hall–Kier alpha value is 0.210. The first kappa shape index (κ1) is 40.2. The van der Waals surface area contributed by atoms with Crippen LogP contribution in [0, 0.1) is 34.5 Å². The van der Waals surface area contributed by atoms with Crippen LogP contribution < -0.4 is 74.6 Å². The molecule has 4 aliphatic carbocycles. The maximum atomic E-state index is 17.0. The molecule has 0 amide bonds. The number of carboxylic acids is 1. The minimum Gasteiger partial charge on any atom is -0.790 e. The van der Waals surface area contributed by atoms with Crippen molar-refractivity contribution in [1.82, 2.24) is 0 Å². The second-order valence-corrected chi connectivity index (χ2v) is 13.6. The topological polar surface area (TPSA) is 210 Å². The molecule has 9 atom stereocenters. The van der Waals surface area contributed by atoms with Gasteiger partial charge in [-0.15, -0.1) is 0 Å². The van der Waals surface area contributed by atoms with Crippen LogP contribution in [0.4, 0.5) is 4.39 Å². The van der Waals surface area contributed by atoms with Crippen LogP contribution in [0.25, 0.3) is 0 Å². The van der Waals surface area contributed by atoms with E-state index in [0.29, 0.717) is 18.4 Å². The van der Waals surface area contributed by atoms with Crippen LogP contribution >= 0.6 is 7.82 Å². The summed E-state index contributed by atoms with van der Waals surface area (Å²) in [6.07, 6.45) is 3.54. The summed E-state index contributed by atoms with van der Waals surface area (Å²) in [5.41, 5.74) is -0.868. The van der Waals surface area contributed by atoms with Crippen LogP contribution in [0.3, 0.4) is 0 Å². The van der Waals surface area contributed by atoms with Crippen molar-refractivity contribution >= 4 is 25.4 Å². The van der Waals surface area contributed by atoms with Gasteiger partial charge in [-0.3, -0.25) is 14.4 Å². The third kappa shape index (κ3) is 6.68. The third-order valence-corrected chi connectivity index (χ3v) is 10.5. The zero-order chi connectivity index (χ0) is 30.6. The number of nitrogens with two attached hydrogens (primary N) is 1. The van der Waals surface area contributed by atoms with Gasteiger partial charge in [-0.05, 0) is 62.5 Å². The van der Waals surface area contributed by atoms with Crippen LogP contribution in [-0.2, 0) is 23.5 Å². The molecule has 0 aromatic carbocycles. The van der Waals surface area contributed by atoms with Gasteiger partial charge in [0.2, 0.25) is 0 Å². The quantitative estimate of drug-likeness (QED) is 0.160. The molecule has 0 aromatic heterocycles. The second-order valence-electron chi connectivity index (χ2n) is 12.4. The van der Waals surface area contributed by atoms with E-state index < -0.39 is 78.2 Å². The van der Waals surface area contributed by atoms with E-state index in [0.717, 1.165) is 0 Å². The van der Waals surface area contributed by atoms with Gasteiger partial charge in [-0.25, -0.2) is 4.39 Å². The SMILES string of the molecule is CC(C)[C@H](N)C(=O)O.C[C@H]1C[C@H]2[C@@H]3CCC4=CC(=O)C=C[C@]4(C)[C@@]3(F)[C@@H](O)C[C@]2(C)[C@@]1(O)C(=O)COP(=O)([O-])[O-].[Na+].[Na+]. The van der Waals surface area contributed by atoms with E-state index in [1.807, 2.05) is 0 Å². The average Bonchev–Trinajstić information content (AvgIpc) is 3.04. The molecule has 3 saturated carbocycles. The number of carbonyl (C=O) groups excluding carboxylic acids is 2. The predicted molar refractivity (Wildman–Crippen MR) is 137 cm³/mol. The fourth-order valence-electron chi connectivity index (χ4n) is 7.67. The number of hydrogen-bond donors (Lipinski definition) is 4. The van der Waals surface area contributed by atoms with Gasteiger partial charge in [-0.2, -0.15) is 0 Å². The number of carboxylic acid groups (broad SMARTS) is 1. The number of phosphoric acid groups is 1. The van der Waals surface area contributed by atoms with E-state index in [-0.39, 0.29) is 83.7 Å². The number of phosphoric ester groups is 1. The van der Waals surface area contributed by atoms with Gasteiger partial charge < -0.3 is 39.9 Å². The minimum absolute atomic E-state index is 0. The number of halogens is 1. The molecule has 4 aliphatic rings. The Morgan fingerprint density at radius 1 is 1.24 bits per heavy atom. The Morgan fingerprint density at radius 3 is 2.29 bits per heavy atom. The van der Waals surface area contributed by atoms with Gasteiger partial charge in [0.05, 0.1) is 13.9 Å². The Morgan fingerprint density at radius 2 is 1.81 bits per heavy atom. The number of alkyl halides is 1. The Bertz CT molecular complexity index is 1180. The molecule has 0 bridgehead atoms. The number of hydrogen-bond acceptors (Lipinski definition) is 10. The summed E-state index contributed by atoms with van der Waals surface area (Å²) in [5, 5.41) is 31.0. The summed E-state index contributed by atoms with van der Waals surface area (Å²) >= 11 is 0. The average molecular weight is 634 g/mol. The van der Waals surface area contributed by atoms with Crippen molar-refractivity contribution in [2.45, 2.75) is 83.7 Å². The molecule has 0 saturated heterocycles. The first-order valence-corrected chi connectivity index (χ1v) is 14.8. The molecule has 15 heteroatoms. The summed E-state index contributed by atoms with van der Waals surface area (Å²) in [5.74, 6) is -3.96. The van der Waals surface area contributed by atoms with Crippen molar-refractivity contribution < 1.29 is 112 Å². The van der Waals surface area contributed by atoms with Crippen molar-refractivity contribution in [3.8, 4) is 0 Å². The molecule has 0 aromatic rings. The van der Waals surface area contributed by atoms with E-state index in [1.54, 1.807) is 34.6 Å². The standard InChI is InChI=1S/C22H30FO8P.C5H11NO2.2Na/c1-12-8-16-15-5-4-13-9-14(24)6-7-19(13,2)21(15,23)17(25)10-20(16,3)22(12,27)18(26)11-31-32(28,29)30;1-3(2)4(6)5(7)8;;/h6-7,9,12,15-17,25,27H,4-5,8,10-11H2,1-3H3,(H2,28,29,30);3-4H,6H2,1-2H3,(H,7,8);;/q;;2*+1/p-2/t12-,15-,16-,17-,19-,20-,21-,22-;4-;;/m00../s1. The number of allylic oxidation sites excluding steroid dienone is 4. The van der Waals surface area contributed by atoms with Gasteiger partial charge in [0.1, 0.15) is 18.2 Å². The second kappa shape index (κ2) is 13.9. The smallest absolute Gasteiger partial charge is 0.790 e. The number of aliphatic hydroxyl groups excluding tert-OH is 1. The molecule has 5 N–H and O–H groups in total. The number of aliphatic hydroxyl groups is 2. The largest absolute Gasteiger partial charge is 1.00 e. The Kier molecular flexibility index (Phi) is 13.3. The Balaban J connectivity index is 0.000000778. The first-order valence-electron chi connectivity index (χ1n) is 13.4. The fraction of sp³-hybridized carbons (Fsp3) is 0.741. The minimum atomic E-state index is -5.43. The molecular formula is C27H39FNNa2O10P. The van der Waals surface area contributed by atoms with E-state index in [1.165, 1.54) is 18.2 Å². The zero-order valence-corrected chi connectivity index (χ0v) is 30.2. The van der Waals surface area contributed by atoms with Crippen LogP contribution in [0.15, 0.2) is 23.8 Å². The van der Waals surface area contributed by atoms with Gasteiger partial charge in [0.15, 0.2) is 17.2 Å². The van der Waals surface area contributed by atoms with Crippen LogP contribution in [0.2, 0.25) is 0 Å². The number of Topliss-reactive ketones (excluding diaryl/α,β-unsaturated/α-hetero) is 1. The molecule has 0 heterocycles. The normalized spacial score (nSPS) is 39.2. The molecular weight excluding hydrogens is 594 g/mol. The monoisotopic (exact) mass is 633 g/mol. The fourth-order valence-corrected chi connectivity index (χ4v) is 7.95. The van der Waals surface area contributed by atoms with E-state index in [9.17, 15) is 38.9 Å². The summed E-state index contributed by atoms with van der Waals surface area (Å²) in [4.78, 5) is 56.6. The maximum absolute atomic E-state index is 17.0. The van der Waals surface area contributed by atoms with Gasteiger partial charge in [-0.1, -0.05) is 39.3 Å². The molecule has 3 fully saturated rings. The van der Waals surface area contributed by atoms with Crippen molar-refractivity contribution in [1.29, 1.82) is 0 Å². The molecule has 4 rings (SSSR count). The molecule has 11 nitrogen and oxygen atoms in total. The van der Waals surface area contributed by atoms with Crippen LogP contribution in [0.5, 0.6) is 0 Å². The zero-order valence-electron chi connectivity index (χ0n) is 25.3. The molecule has 0 unspecified atom stereocenters. The summed E-state index contributed by atoms with van der Waals surface area (Å²) in [6, 6.07) is -0.713. The molecule has 226 valence electrons.